The van der Waals surface area contributed by atoms with Gasteiger partial charge in [-0.2, -0.15) is 0 Å². The molecule has 1 fully saturated rings. The van der Waals surface area contributed by atoms with Crippen molar-refractivity contribution in [2.45, 2.75) is 38.9 Å². The number of benzene rings is 1. The molecule has 1 aromatic carbocycles. The maximum atomic E-state index is 6.17. The Morgan fingerprint density at radius 3 is 2.00 bits per heavy atom. The van der Waals surface area contributed by atoms with Gasteiger partial charge in [-0.1, -0.05) is 23.2 Å². The molecular weight excluding hydrogens is 272 g/mol. The summed E-state index contributed by atoms with van der Waals surface area (Å²) in [5, 5.41) is 0.944. The molecule has 18 heavy (non-hydrogen) atoms. The van der Waals surface area contributed by atoms with Crippen molar-refractivity contribution in [1.82, 2.24) is 0 Å². The smallest absolute Gasteiger partial charge is 0.399 e. The van der Waals surface area contributed by atoms with Crippen LogP contribution in [0.3, 0.4) is 0 Å². The Balaban J connectivity index is 2.38. The molecule has 6 heteroatoms. The van der Waals surface area contributed by atoms with Crippen LogP contribution in [0.5, 0.6) is 0 Å². The lowest BCUT2D eigenvalue weighted by molar-refractivity contribution is 0.00578. The second-order valence-electron chi connectivity index (χ2n) is 5.48. The third-order valence-electron chi connectivity index (χ3n) is 3.62. The summed E-state index contributed by atoms with van der Waals surface area (Å²) in [6.07, 6.45) is 0. The molecule has 0 aromatic heterocycles. The number of nitrogen functional groups attached to an aromatic ring is 1. The Hall–Kier alpha value is -0.415. The second kappa shape index (κ2) is 4.31. The zero-order chi connectivity index (χ0) is 13.7. The summed E-state index contributed by atoms with van der Waals surface area (Å²) >= 11 is 12.2. The number of anilines is 1. The molecule has 0 amide bonds. The highest BCUT2D eigenvalue weighted by atomic mass is 35.5. The Morgan fingerprint density at radius 1 is 1.00 bits per heavy atom. The molecule has 0 spiro atoms. The number of nitrogens with two attached hydrogens (primary N) is 1. The molecule has 0 bridgehead atoms. The molecule has 1 saturated heterocycles. The van der Waals surface area contributed by atoms with E-state index in [-0.39, 0.29) is 0 Å². The molecule has 1 heterocycles. The van der Waals surface area contributed by atoms with Crippen molar-refractivity contribution < 1.29 is 9.31 Å². The molecule has 0 saturated carbocycles. The molecule has 0 radical (unpaired) electrons. The second-order valence-corrected chi connectivity index (χ2v) is 6.30. The van der Waals surface area contributed by atoms with E-state index in [2.05, 4.69) is 0 Å². The SMILES string of the molecule is CC1(C)OB(c2cc(Cl)c(N)cc2Cl)OC1(C)C. The van der Waals surface area contributed by atoms with Crippen molar-refractivity contribution in [3.05, 3.63) is 22.2 Å². The molecule has 0 atom stereocenters. The van der Waals surface area contributed by atoms with Gasteiger partial charge in [0.1, 0.15) is 0 Å². The summed E-state index contributed by atoms with van der Waals surface area (Å²) in [4.78, 5) is 0. The van der Waals surface area contributed by atoms with Crippen LogP contribution in [0.4, 0.5) is 5.69 Å². The molecule has 2 N–H and O–H groups in total. The van der Waals surface area contributed by atoms with Gasteiger partial charge in [0.2, 0.25) is 0 Å². The quantitative estimate of drug-likeness (QED) is 0.638. The highest BCUT2D eigenvalue weighted by Gasteiger charge is 2.52. The summed E-state index contributed by atoms with van der Waals surface area (Å²) in [5.74, 6) is 0. The first-order valence-corrected chi connectivity index (χ1v) is 6.50. The van der Waals surface area contributed by atoms with Crippen molar-refractivity contribution in [2.24, 2.45) is 0 Å². The first-order valence-electron chi connectivity index (χ1n) is 5.74. The fraction of sp³-hybridized carbons (Fsp3) is 0.500. The fourth-order valence-corrected chi connectivity index (χ4v) is 2.16. The number of halogens is 2. The third kappa shape index (κ3) is 2.23. The lowest BCUT2D eigenvalue weighted by Gasteiger charge is -2.32. The van der Waals surface area contributed by atoms with Crippen molar-refractivity contribution in [1.29, 1.82) is 0 Å². The summed E-state index contributed by atoms with van der Waals surface area (Å²) in [7, 11) is -0.527. The first-order chi connectivity index (χ1) is 8.14. The van der Waals surface area contributed by atoms with E-state index in [1.165, 1.54) is 0 Å². The van der Waals surface area contributed by atoms with E-state index in [9.17, 15) is 0 Å². The lowest BCUT2D eigenvalue weighted by Crippen LogP contribution is -2.41. The van der Waals surface area contributed by atoms with Gasteiger partial charge in [-0.25, -0.2) is 0 Å². The minimum absolute atomic E-state index is 0.408. The van der Waals surface area contributed by atoms with Gasteiger partial charge in [-0.15, -0.1) is 0 Å². The predicted molar refractivity (Wildman–Crippen MR) is 76.6 cm³/mol. The Kier molecular flexibility index (Phi) is 3.35. The minimum Gasteiger partial charge on any atom is -0.399 e. The monoisotopic (exact) mass is 287 g/mol. The molecule has 1 aliphatic heterocycles. The van der Waals surface area contributed by atoms with E-state index >= 15 is 0 Å². The van der Waals surface area contributed by atoms with Crippen LogP contribution in [0.15, 0.2) is 12.1 Å². The highest BCUT2D eigenvalue weighted by molar-refractivity contribution is 6.66. The predicted octanol–water partition coefficient (Wildman–Crippen LogP) is 2.87. The van der Waals surface area contributed by atoms with Gasteiger partial charge in [0.15, 0.2) is 0 Å². The number of hydrogen-bond acceptors (Lipinski definition) is 3. The van der Waals surface area contributed by atoms with E-state index < -0.39 is 18.3 Å². The molecule has 0 unspecified atom stereocenters. The molecular formula is C12H16BCl2NO2. The van der Waals surface area contributed by atoms with Crippen molar-refractivity contribution in [3.8, 4) is 0 Å². The Morgan fingerprint density at radius 2 is 1.50 bits per heavy atom. The van der Waals surface area contributed by atoms with Crippen LogP contribution in [-0.4, -0.2) is 18.3 Å². The van der Waals surface area contributed by atoms with E-state index in [4.69, 9.17) is 38.2 Å². The van der Waals surface area contributed by atoms with Crippen molar-refractivity contribution >= 4 is 41.5 Å². The van der Waals surface area contributed by atoms with E-state index in [0.29, 0.717) is 21.2 Å². The third-order valence-corrected chi connectivity index (χ3v) is 4.28. The molecule has 0 aliphatic carbocycles. The highest BCUT2D eigenvalue weighted by Crippen LogP contribution is 2.37. The normalized spacial score (nSPS) is 21.3. The maximum absolute atomic E-state index is 6.17. The lowest BCUT2D eigenvalue weighted by atomic mass is 9.79. The Labute approximate surface area is 118 Å². The topological polar surface area (TPSA) is 44.5 Å². The van der Waals surface area contributed by atoms with Crippen LogP contribution in [0.2, 0.25) is 10.0 Å². The minimum atomic E-state index is -0.527. The van der Waals surface area contributed by atoms with Gasteiger partial charge in [0.25, 0.3) is 0 Å². The molecule has 1 aliphatic rings. The van der Waals surface area contributed by atoms with Crippen LogP contribution >= 0.6 is 23.2 Å². The van der Waals surface area contributed by atoms with Crippen LogP contribution in [-0.2, 0) is 9.31 Å². The van der Waals surface area contributed by atoms with Gasteiger partial charge in [-0.05, 0) is 39.8 Å². The molecule has 98 valence electrons. The van der Waals surface area contributed by atoms with E-state index in [1.807, 2.05) is 27.7 Å². The Bertz CT molecular complexity index is 475. The van der Waals surface area contributed by atoms with Gasteiger partial charge in [-0.3, -0.25) is 0 Å². The molecule has 2 rings (SSSR count). The van der Waals surface area contributed by atoms with Crippen molar-refractivity contribution in [3.63, 3.8) is 0 Å². The average Bonchev–Trinajstić information content (AvgIpc) is 2.42. The van der Waals surface area contributed by atoms with E-state index in [0.717, 1.165) is 0 Å². The summed E-state index contributed by atoms with van der Waals surface area (Å²) in [6, 6.07) is 3.31. The van der Waals surface area contributed by atoms with Gasteiger partial charge < -0.3 is 15.0 Å². The van der Waals surface area contributed by atoms with Gasteiger partial charge >= 0.3 is 7.12 Å². The van der Waals surface area contributed by atoms with Gasteiger partial charge in [0.05, 0.1) is 21.9 Å². The van der Waals surface area contributed by atoms with Crippen LogP contribution in [0.25, 0.3) is 0 Å². The molecule has 1 aromatic rings. The van der Waals surface area contributed by atoms with Gasteiger partial charge in [0, 0.05) is 10.5 Å². The van der Waals surface area contributed by atoms with Crippen LogP contribution in [0.1, 0.15) is 27.7 Å². The first kappa shape index (κ1) is 14.0. The zero-order valence-corrected chi connectivity index (χ0v) is 12.4. The zero-order valence-electron chi connectivity index (χ0n) is 10.9. The summed E-state index contributed by atoms with van der Waals surface area (Å²) in [6.45, 7) is 7.94. The van der Waals surface area contributed by atoms with Crippen LogP contribution < -0.4 is 11.2 Å². The molecule has 3 nitrogen and oxygen atoms in total. The average molecular weight is 288 g/mol. The standard InChI is InChI=1S/C12H16BCl2NO2/c1-11(2)12(3,4)18-13(17-11)7-5-9(15)10(16)6-8(7)14/h5-6H,16H2,1-4H3. The van der Waals surface area contributed by atoms with Crippen molar-refractivity contribution in [2.75, 3.05) is 5.73 Å². The number of hydrogen-bond donors (Lipinski definition) is 1. The number of rotatable bonds is 1. The maximum Gasteiger partial charge on any atom is 0.496 e. The van der Waals surface area contributed by atoms with Crippen LogP contribution in [0, 0.1) is 0 Å². The van der Waals surface area contributed by atoms with E-state index in [1.54, 1.807) is 12.1 Å². The largest absolute Gasteiger partial charge is 0.496 e. The fourth-order valence-electron chi connectivity index (χ4n) is 1.73. The summed E-state index contributed by atoms with van der Waals surface area (Å²) in [5.41, 5.74) is 6.03. The summed E-state index contributed by atoms with van der Waals surface area (Å²) < 4.78 is 11.8.